The van der Waals surface area contributed by atoms with Crippen LogP contribution in [0.5, 0.6) is 0 Å². The summed E-state index contributed by atoms with van der Waals surface area (Å²) in [7, 11) is 0. The molecule has 0 saturated heterocycles. The zero-order chi connectivity index (χ0) is 17.6. The Balaban J connectivity index is 4.45. The van der Waals surface area contributed by atoms with E-state index in [0.717, 1.165) is 58.5 Å². The van der Waals surface area contributed by atoms with Gasteiger partial charge in [-0.25, -0.2) is 0 Å². The average molecular weight is 323 g/mol. The van der Waals surface area contributed by atoms with E-state index in [1.54, 1.807) is 0 Å². The van der Waals surface area contributed by atoms with E-state index in [4.69, 9.17) is 9.47 Å². The second-order valence-corrected chi connectivity index (χ2v) is 6.62. The van der Waals surface area contributed by atoms with Crippen molar-refractivity contribution < 1.29 is 9.47 Å². The van der Waals surface area contributed by atoms with Crippen LogP contribution < -0.4 is 0 Å². The molecule has 0 saturated carbocycles. The first-order chi connectivity index (χ1) is 11.0. The van der Waals surface area contributed by atoms with Crippen molar-refractivity contribution in [2.45, 2.75) is 66.7 Å². The van der Waals surface area contributed by atoms with Gasteiger partial charge in [0.05, 0.1) is 26.4 Å². The maximum atomic E-state index is 6.00. The highest BCUT2D eigenvalue weighted by atomic mass is 16.5. The highest BCUT2D eigenvalue weighted by Gasteiger charge is 2.28. The van der Waals surface area contributed by atoms with E-state index in [0.29, 0.717) is 0 Å². The molecule has 0 fully saturated rings. The summed E-state index contributed by atoms with van der Waals surface area (Å²) in [4.78, 5) is 0. The Morgan fingerprint density at radius 3 is 1.78 bits per heavy atom. The van der Waals surface area contributed by atoms with Crippen LogP contribution in [-0.4, -0.2) is 26.4 Å². The zero-order valence-electron chi connectivity index (χ0n) is 16.1. The van der Waals surface area contributed by atoms with Crippen molar-refractivity contribution in [3.8, 4) is 0 Å². The molecule has 0 unspecified atom stereocenters. The largest absolute Gasteiger partial charge is 0.380 e. The molecule has 0 N–H and O–H groups in total. The van der Waals surface area contributed by atoms with Gasteiger partial charge in [-0.15, -0.1) is 6.58 Å². The smallest absolute Gasteiger partial charge is 0.0547 e. The molecule has 0 aliphatic rings. The molecule has 134 valence electrons. The van der Waals surface area contributed by atoms with Crippen LogP contribution >= 0.6 is 0 Å². The first kappa shape index (κ1) is 22.1. The SMILES string of the molecule is C=CCC(CCC)(COCCC(C)=CC)COCCC(C)=CC. The van der Waals surface area contributed by atoms with Gasteiger partial charge in [0.25, 0.3) is 0 Å². The fourth-order valence-corrected chi connectivity index (χ4v) is 2.57. The van der Waals surface area contributed by atoms with Gasteiger partial charge in [-0.05, 0) is 53.4 Å². The Morgan fingerprint density at radius 2 is 1.43 bits per heavy atom. The third kappa shape index (κ3) is 10.5. The monoisotopic (exact) mass is 322 g/mol. The summed E-state index contributed by atoms with van der Waals surface area (Å²) < 4.78 is 12.0. The third-order valence-electron chi connectivity index (χ3n) is 4.44. The lowest BCUT2D eigenvalue weighted by atomic mass is 9.81. The van der Waals surface area contributed by atoms with Crippen molar-refractivity contribution in [2.75, 3.05) is 26.4 Å². The van der Waals surface area contributed by atoms with Crippen LogP contribution in [0.3, 0.4) is 0 Å². The van der Waals surface area contributed by atoms with Gasteiger partial charge in [0.15, 0.2) is 0 Å². The molecule has 0 heterocycles. The molecule has 0 aromatic heterocycles. The lowest BCUT2D eigenvalue weighted by Crippen LogP contribution is -2.32. The standard InChI is InChI=1S/C21H38O2/c1-7-13-21(14-8-2,17-22-15-11-19(5)9-3)18-23-16-12-20(6)10-4/h7,9-10H,1,8,11-18H2,2-6H3. The van der Waals surface area contributed by atoms with E-state index in [9.17, 15) is 0 Å². The Morgan fingerprint density at radius 1 is 0.957 bits per heavy atom. The molecular weight excluding hydrogens is 284 g/mol. The highest BCUT2D eigenvalue weighted by molar-refractivity contribution is 4.96. The summed E-state index contributed by atoms with van der Waals surface area (Å²) in [6, 6.07) is 0. The predicted molar refractivity (Wildman–Crippen MR) is 102 cm³/mol. The van der Waals surface area contributed by atoms with Crippen molar-refractivity contribution in [3.63, 3.8) is 0 Å². The van der Waals surface area contributed by atoms with Crippen molar-refractivity contribution in [2.24, 2.45) is 5.41 Å². The molecule has 0 spiro atoms. The Kier molecular flexibility index (Phi) is 13.1. The maximum Gasteiger partial charge on any atom is 0.0547 e. The summed E-state index contributed by atoms with van der Waals surface area (Å²) in [6.45, 7) is 17.7. The van der Waals surface area contributed by atoms with Gasteiger partial charge in [0, 0.05) is 5.41 Å². The fourth-order valence-electron chi connectivity index (χ4n) is 2.57. The van der Waals surface area contributed by atoms with Gasteiger partial charge in [-0.3, -0.25) is 0 Å². The summed E-state index contributed by atoms with van der Waals surface area (Å²) in [5.74, 6) is 0. The molecule has 0 rings (SSSR count). The molecule has 0 atom stereocenters. The minimum atomic E-state index is 0.0736. The fraction of sp³-hybridized carbons (Fsp3) is 0.714. The van der Waals surface area contributed by atoms with Gasteiger partial charge < -0.3 is 9.47 Å². The van der Waals surface area contributed by atoms with Gasteiger partial charge >= 0.3 is 0 Å². The molecule has 0 aliphatic carbocycles. The molecule has 0 radical (unpaired) electrons. The van der Waals surface area contributed by atoms with E-state index in [2.05, 4.69) is 53.3 Å². The van der Waals surface area contributed by atoms with Crippen LogP contribution in [0, 0.1) is 5.41 Å². The van der Waals surface area contributed by atoms with Crippen molar-refractivity contribution in [1.82, 2.24) is 0 Å². The summed E-state index contributed by atoms with van der Waals surface area (Å²) >= 11 is 0. The van der Waals surface area contributed by atoms with Crippen molar-refractivity contribution in [1.29, 1.82) is 0 Å². The minimum absolute atomic E-state index is 0.0736. The first-order valence-corrected chi connectivity index (χ1v) is 9.03. The van der Waals surface area contributed by atoms with Crippen LogP contribution in [0.4, 0.5) is 0 Å². The first-order valence-electron chi connectivity index (χ1n) is 9.03. The van der Waals surface area contributed by atoms with Crippen LogP contribution in [-0.2, 0) is 9.47 Å². The number of hydrogen-bond acceptors (Lipinski definition) is 2. The van der Waals surface area contributed by atoms with Gasteiger partial charge in [-0.2, -0.15) is 0 Å². The van der Waals surface area contributed by atoms with Crippen molar-refractivity contribution >= 4 is 0 Å². The molecule has 0 aromatic carbocycles. The molecule has 0 bridgehead atoms. The van der Waals surface area contributed by atoms with Crippen LogP contribution in [0.2, 0.25) is 0 Å². The highest BCUT2D eigenvalue weighted by Crippen LogP contribution is 2.30. The van der Waals surface area contributed by atoms with Crippen LogP contribution in [0.15, 0.2) is 36.0 Å². The zero-order valence-corrected chi connectivity index (χ0v) is 16.1. The van der Waals surface area contributed by atoms with Crippen molar-refractivity contribution in [3.05, 3.63) is 36.0 Å². The van der Waals surface area contributed by atoms with Crippen LogP contribution in [0.25, 0.3) is 0 Å². The second kappa shape index (κ2) is 13.6. The summed E-state index contributed by atoms with van der Waals surface area (Å²) in [5, 5.41) is 0. The van der Waals surface area contributed by atoms with Gasteiger partial charge in [-0.1, -0.05) is 42.7 Å². The molecule has 0 aromatic rings. The van der Waals surface area contributed by atoms with E-state index in [1.807, 2.05) is 6.08 Å². The predicted octanol–water partition coefficient (Wildman–Crippen LogP) is 6.09. The lowest BCUT2D eigenvalue weighted by Gasteiger charge is -2.32. The normalized spacial score (nSPS) is 15.5. The minimum Gasteiger partial charge on any atom is -0.380 e. The molecule has 0 amide bonds. The van der Waals surface area contributed by atoms with Gasteiger partial charge in [0.1, 0.15) is 0 Å². The molecule has 2 heteroatoms. The van der Waals surface area contributed by atoms with E-state index in [1.165, 1.54) is 11.1 Å². The maximum absolute atomic E-state index is 6.00. The molecule has 0 aliphatic heterocycles. The second-order valence-electron chi connectivity index (χ2n) is 6.62. The number of ether oxygens (including phenoxy) is 2. The summed E-state index contributed by atoms with van der Waals surface area (Å²) in [6.07, 6.45) is 11.5. The molecular formula is C21H38O2. The Labute approximate surface area is 144 Å². The number of rotatable bonds is 14. The van der Waals surface area contributed by atoms with E-state index >= 15 is 0 Å². The topological polar surface area (TPSA) is 18.5 Å². The van der Waals surface area contributed by atoms with Crippen LogP contribution in [0.1, 0.15) is 66.7 Å². The Hall–Kier alpha value is -0.860. The number of allylic oxidation sites excluding steroid dienone is 3. The van der Waals surface area contributed by atoms with E-state index < -0.39 is 0 Å². The van der Waals surface area contributed by atoms with E-state index in [-0.39, 0.29) is 5.41 Å². The lowest BCUT2D eigenvalue weighted by molar-refractivity contribution is -0.0252. The molecule has 23 heavy (non-hydrogen) atoms. The third-order valence-corrected chi connectivity index (χ3v) is 4.44. The molecule has 2 nitrogen and oxygen atoms in total. The average Bonchev–Trinajstić information content (AvgIpc) is 2.55. The summed E-state index contributed by atoms with van der Waals surface area (Å²) in [5.41, 5.74) is 2.84. The quantitative estimate of drug-likeness (QED) is 0.284. The Bertz CT molecular complexity index is 340. The number of hydrogen-bond donors (Lipinski definition) is 0. The van der Waals surface area contributed by atoms with Gasteiger partial charge in [0.2, 0.25) is 0 Å².